The maximum absolute atomic E-state index is 11.1. The maximum atomic E-state index is 11.1. The number of furan rings is 1. The molecule has 0 unspecified atom stereocenters. The third-order valence-corrected chi connectivity index (χ3v) is 14.2. The molecule has 0 spiro atoms. The minimum Gasteiger partial charge on any atom is -0.456 e. The number of nitrogens with zero attached hydrogens (tertiary/aromatic N) is 6. The summed E-state index contributed by atoms with van der Waals surface area (Å²) in [7, 11) is 0. The molecule has 0 aliphatic rings. The first-order chi connectivity index (χ1) is 32.7. The lowest BCUT2D eigenvalue weighted by atomic mass is 10.1. The number of hydrogen-bond donors (Lipinski definition) is 0. The average Bonchev–Trinajstić information content (AvgIpc) is 4.13. The van der Waals surface area contributed by atoms with E-state index < -0.39 is 0 Å². The third-order valence-electron chi connectivity index (χ3n) is 13.0. The third kappa shape index (κ3) is 5.38. The summed E-state index contributed by atoms with van der Waals surface area (Å²) in [6.45, 7) is 0. The highest BCUT2D eigenvalue weighted by atomic mass is 32.1. The van der Waals surface area contributed by atoms with Crippen LogP contribution in [0.2, 0.25) is 0 Å². The van der Waals surface area contributed by atoms with Gasteiger partial charge in [-0.05, 0) is 84.9 Å². The van der Waals surface area contributed by atoms with Gasteiger partial charge in [-0.2, -0.15) is 5.26 Å². The maximum Gasteiger partial charge on any atom is 0.164 e. The summed E-state index contributed by atoms with van der Waals surface area (Å²) in [6, 6.07) is 69.7. The lowest BCUT2D eigenvalue weighted by Gasteiger charge is -2.13. The molecule has 0 amide bonds. The molecule has 14 aromatic rings. The van der Waals surface area contributed by atoms with E-state index >= 15 is 0 Å². The van der Waals surface area contributed by atoms with Crippen LogP contribution in [-0.2, 0) is 0 Å². The topological polar surface area (TPSA) is 85.5 Å². The normalized spacial score (nSPS) is 11.9. The van der Waals surface area contributed by atoms with Crippen LogP contribution in [0.4, 0.5) is 0 Å². The van der Waals surface area contributed by atoms with E-state index in [-0.39, 0.29) is 0 Å². The Morgan fingerprint density at radius 3 is 1.88 bits per heavy atom. The zero-order chi connectivity index (χ0) is 43.5. The summed E-state index contributed by atoms with van der Waals surface area (Å²) >= 11 is 1.83. The quantitative estimate of drug-likeness (QED) is 0.172. The van der Waals surface area contributed by atoms with E-state index in [9.17, 15) is 5.26 Å². The number of benzene rings is 9. The van der Waals surface area contributed by atoms with Crippen LogP contribution < -0.4 is 0 Å². The second-order valence-electron chi connectivity index (χ2n) is 16.7. The number of fused-ring (bicyclic) bond motifs is 13. The number of thiophene rings is 1. The predicted octanol–water partition coefficient (Wildman–Crippen LogP) is 15.2. The molecule has 0 saturated heterocycles. The van der Waals surface area contributed by atoms with Crippen LogP contribution in [0.1, 0.15) is 5.56 Å². The molecule has 5 heterocycles. The molecular formula is C58H32N6OS. The van der Waals surface area contributed by atoms with Crippen molar-refractivity contribution in [1.82, 2.24) is 24.1 Å². The minimum atomic E-state index is 0.474. The van der Waals surface area contributed by atoms with E-state index in [1.54, 1.807) is 0 Å². The van der Waals surface area contributed by atoms with Crippen LogP contribution in [0.25, 0.3) is 131 Å². The van der Waals surface area contributed by atoms with Gasteiger partial charge in [-0.25, -0.2) is 15.0 Å². The van der Waals surface area contributed by atoms with Gasteiger partial charge in [0.2, 0.25) is 0 Å². The van der Waals surface area contributed by atoms with Crippen molar-refractivity contribution in [3.63, 3.8) is 0 Å². The molecule has 0 bridgehead atoms. The molecule has 7 nitrogen and oxygen atoms in total. The van der Waals surface area contributed by atoms with Crippen LogP contribution in [0.5, 0.6) is 0 Å². The Hall–Kier alpha value is -8.90. The molecule has 8 heteroatoms. The fourth-order valence-electron chi connectivity index (χ4n) is 10.1. The Labute approximate surface area is 380 Å². The first-order valence-corrected chi connectivity index (χ1v) is 22.6. The number of para-hydroxylation sites is 3. The van der Waals surface area contributed by atoms with Crippen molar-refractivity contribution in [3.05, 3.63) is 200 Å². The van der Waals surface area contributed by atoms with Gasteiger partial charge in [0.1, 0.15) is 17.2 Å². The monoisotopic (exact) mass is 860 g/mol. The fourth-order valence-corrected chi connectivity index (χ4v) is 11.2. The number of rotatable bonds is 5. The number of aromatic nitrogens is 5. The average molecular weight is 861 g/mol. The molecule has 0 N–H and O–H groups in total. The number of nitriles is 1. The number of hydrogen-bond acceptors (Lipinski definition) is 6. The molecule has 0 atom stereocenters. The first-order valence-electron chi connectivity index (χ1n) is 21.8. The summed E-state index contributed by atoms with van der Waals surface area (Å²) < 4.78 is 13.4. The van der Waals surface area contributed by atoms with E-state index in [2.05, 4.69) is 130 Å². The van der Waals surface area contributed by atoms with Crippen LogP contribution >= 0.6 is 11.3 Å². The van der Waals surface area contributed by atoms with E-state index in [0.717, 1.165) is 88.1 Å². The molecule has 0 saturated carbocycles. The van der Waals surface area contributed by atoms with Gasteiger partial charge in [0.15, 0.2) is 17.5 Å². The molecule has 5 aromatic heterocycles. The summed E-state index contributed by atoms with van der Waals surface area (Å²) in [5, 5.41) is 20.1. The largest absolute Gasteiger partial charge is 0.456 e. The molecule has 66 heavy (non-hydrogen) atoms. The van der Waals surface area contributed by atoms with Crippen molar-refractivity contribution < 1.29 is 4.42 Å². The van der Waals surface area contributed by atoms with E-state index in [4.69, 9.17) is 19.4 Å². The molecular weight excluding hydrogens is 829 g/mol. The Balaban J connectivity index is 0.983. The van der Waals surface area contributed by atoms with Gasteiger partial charge >= 0.3 is 0 Å². The summed E-state index contributed by atoms with van der Waals surface area (Å²) in [6.07, 6.45) is 0. The Morgan fingerprint density at radius 2 is 1.06 bits per heavy atom. The highest BCUT2D eigenvalue weighted by molar-refractivity contribution is 7.25. The van der Waals surface area contributed by atoms with Crippen molar-refractivity contribution >= 4 is 97.1 Å². The molecule has 0 fully saturated rings. The zero-order valence-corrected chi connectivity index (χ0v) is 35.8. The first kappa shape index (κ1) is 36.6. The Morgan fingerprint density at radius 1 is 0.424 bits per heavy atom. The lowest BCUT2D eigenvalue weighted by Crippen LogP contribution is -2.02. The Bertz CT molecular complexity index is 4380. The van der Waals surface area contributed by atoms with Gasteiger partial charge in [-0.15, -0.1) is 11.3 Å². The highest BCUT2D eigenvalue weighted by Gasteiger charge is 2.23. The van der Waals surface area contributed by atoms with Gasteiger partial charge in [0.25, 0.3) is 0 Å². The van der Waals surface area contributed by atoms with Crippen molar-refractivity contribution in [3.8, 4) is 51.6 Å². The fraction of sp³-hybridized carbons (Fsp3) is 0. The van der Waals surface area contributed by atoms with Gasteiger partial charge in [-0.3, -0.25) is 0 Å². The molecule has 306 valence electrons. The highest BCUT2D eigenvalue weighted by Crippen LogP contribution is 2.44. The molecule has 0 aliphatic carbocycles. The van der Waals surface area contributed by atoms with Crippen molar-refractivity contribution in [2.45, 2.75) is 0 Å². The standard InChI is InChI=1S/C58H32N6OS/c59-33-37-30-35(57-60-56(34-12-2-1-3-13-34)61-58(62-57)36-23-28-51-44(31-36)40-15-6-10-20-50(40)65-51)22-26-46(37)64-47-18-8-4-14-39(47)42-25-27-49-54(55(42)64)43-17-5-9-19-48(43)63(49)38-24-29-53-45(32-38)41-16-7-11-21-52(41)66-53/h1-32H. The van der Waals surface area contributed by atoms with Gasteiger partial charge in [0.05, 0.1) is 33.3 Å². The predicted molar refractivity (Wildman–Crippen MR) is 270 cm³/mol. The lowest BCUT2D eigenvalue weighted by molar-refractivity contribution is 0.669. The van der Waals surface area contributed by atoms with Gasteiger partial charge in [-0.1, -0.05) is 109 Å². The molecule has 9 aromatic carbocycles. The van der Waals surface area contributed by atoms with Crippen LogP contribution in [0.15, 0.2) is 199 Å². The van der Waals surface area contributed by atoms with E-state index in [0.29, 0.717) is 28.6 Å². The van der Waals surface area contributed by atoms with Crippen LogP contribution in [0, 0.1) is 11.3 Å². The summed E-state index contributed by atoms with van der Waals surface area (Å²) in [5.41, 5.74) is 10.7. The molecule has 0 radical (unpaired) electrons. The minimum absolute atomic E-state index is 0.474. The molecule has 0 aliphatic heterocycles. The second kappa shape index (κ2) is 14.1. The van der Waals surface area contributed by atoms with Crippen molar-refractivity contribution in [1.29, 1.82) is 5.26 Å². The van der Waals surface area contributed by atoms with Gasteiger partial charge < -0.3 is 13.6 Å². The summed E-state index contributed by atoms with van der Waals surface area (Å²) in [4.78, 5) is 15.2. The SMILES string of the molecule is N#Cc1cc(-c2nc(-c3ccccc3)nc(-c3ccc4oc5ccccc5c4c3)n2)ccc1-n1c2ccccc2c2ccc3c(c4ccccc4n3-c3ccc4sc5ccccc5c4c3)c21. The molecule has 14 rings (SSSR count). The van der Waals surface area contributed by atoms with Crippen LogP contribution in [0.3, 0.4) is 0 Å². The van der Waals surface area contributed by atoms with Crippen molar-refractivity contribution in [2.24, 2.45) is 0 Å². The van der Waals surface area contributed by atoms with Gasteiger partial charge in [0, 0.05) is 74.9 Å². The second-order valence-corrected chi connectivity index (χ2v) is 17.7. The zero-order valence-electron chi connectivity index (χ0n) is 35.0. The smallest absolute Gasteiger partial charge is 0.164 e. The van der Waals surface area contributed by atoms with Crippen molar-refractivity contribution in [2.75, 3.05) is 0 Å². The van der Waals surface area contributed by atoms with E-state index in [1.807, 2.05) is 90.2 Å². The van der Waals surface area contributed by atoms with Crippen LogP contribution in [-0.4, -0.2) is 24.1 Å². The van der Waals surface area contributed by atoms with E-state index in [1.165, 1.54) is 20.2 Å². The Kier molecular flexibility index (Phi) is 7.79. The summed E-state index contributed by atoms with van der Waals surface area (Å²) in [5.74, 6) is 1.55.